The number of hydrogen-bond acceptors (Lipinski definition) is 5. The van der Waals surface area contributed by atoms with E-state index in [0.29, 0.717) is 0 Å². The summed E-state index contributed by atoms with van der Waals surface area (Å²) in [6.07, 6.45) is 2.59. The van der Waals surface area contributed by atoms with E-state index >= 15 is 0 Å². The van der Waals surface area contributed by atoms with E-state index in [0.717, 1.165) is 76.2 Å². The molecule has 188 valence electrons. The van der Waals surface area contributed by atoms with Crippen LogP contribution in [-0.4, -0.2) is 65.5 Å². The summed E-state index contributed by atoms with van der Waals surface area (Å²) in [5.74, 6) is 0.118. The lowest BCUT2D eigenvalue weighted by molar-refractivity contribution is 0.0966. The summed E-state index contributed by atoms with van der Waals surface area (Å²) < 4.78 is 2.11. The van der Waals surface area contributed by atoms with Gasteiger partial charge in [-0.15, -0.1) is 11.3 Å². The molecule has 2 aromatic heterocycles. The van der Waals surface area contributed by atoms with Crippen LogP contribution in [0.1, 0.15) is 39.2 Å². The Morgan fingerprint density at radius 1 is 1.14 bits per heavy atom. The van der Waals surface area contributed by atoms with Crippen molar-refractivity contribution in [1.29, 1.82) is 0 Å². The molecule has 1 N–H and O–H groups in total. The molecule has 0 spiro atoms. The van der Waals surface area contributed by atoms with Gasteiger partial charge >= 0.3 is 0 Å². The van der Waals surface area contributed by atoms with Crippen LogP contribution in [0.4, 0.5) is 0 Å². The first-order valence-electron chi connectivity index (χ1n) is 12.4. The van der Waals surface area contributed by atoms with E-state index in [-0.39, 0.29) is 11.8 Å². The molecule has 1 atom stereocenters. The highest BCUT2D eigenvalue weighted by Gasteiger charge is 2.21. The van der Waals surface area contributed by atoms with Gasteiger partial charge in [-0.3, -0.25) is 14.3 Å². The Hall–Kier alpha value is -2.71. The normalized spacial score (nSPS) is 15.9. The second-order valence-corrected chi connectivity index (χ2v) is 11.1. The number of imidazole rings is 1. The summed E-state index contributed by atoms with van der Waals surface area (Å²) in [5.41, 5.74) is 5.42. The molecule has 6 nitrogen and oxygen atoms in total. The smallest absolute Gasteiger partial charge is 0.261 e. The first kappa shape index (κ1) is 25.0. The molecule has 0 aliphatic carbocycles. The van der Waals surface area contributed by atoms with Crippen molar-refractivity contribution in [1.82, 2.24) is 24.7 Å². The maximum Gasteiger partial charge on any atom is 0.261 e. The van der Waals surface area contributed by atoms with Gasteiger partial charge in [0.1, 0.15) is 11.3 Å². The number of amides is 1. The first-order chi connectivity index (χ1) is 17.4. The van der Waals surface area contributed by atoms with Crippen molar-refractivity contribution >= 4 is 39.9 Å². The number of carbonyl (C=O) groups is 1. The summed E-state index contributed by atoms with van der Waals surface area (Å²) in [7, 11) is 3.86. The van der Waals surface area contributed by atoms with Crippen molar-refractivity contribution in [2.75, 3.05) is 40.3 Å². The van der Waals surface area contributed by atoms with Crippen LogP contribution < -0.4 is 5.32 Å². The minimum Gasteiger partial charge on any atom is -0.354 e. The average molecular weight is 522 g/mol. The molecular formula is C28H32ClN5OS. The number of carbonyl (C=O) groups excluding carboxylic acids is 1. The zero-order chi connectivity index (χ0) is 25.2. The summed E-state index contributed by atoms with van der Waals surface area (Å²) in [6.45, 7) is 7.47. The number of piperazine rings is 1. The van der Waals surface area contributed by atoms with E-state index in [2.05, 4.69) is 69.0 Å². The van der Waals surface area contributed by atoms with Gasteiger partial charge in [0.05, 0.1) is 15.9 Å². The van der Waals surface area contributed by atoms with Crippen molar-refractivity contribution in [2.45, 2.75) is 25.8 Å². The van der Waals surface area contributed by atoms with E-state index in [1.165, 1.54) is 16.9 Å². The second kappa shape index (κ2) is 10.7. The van der Waals surface area contributed by atoms with Crippen molar-refractivity contribution in [3.63, 3.8) is 0 Å². The van der Waals surface area contributed by atoms with E-state index < -0.39 is 0 Å². The Morgan fingerprint density at radius 3 is 2.67 bits per heavy atom. The number of likely N-dealkylation sites (N-methyl/N-ethyl adjacent to an activating group) is 1. The zero-order valence-electron chi connectivity index (χ0n) is 21.0. The van der Waals surface area contributed by atoms with Crippen molar-refractivity contribution in [2.24, 2.45) is 0 Å². The third kappa shape index (κ3) is 5.20. The fourth-order valence-electron chi connectivity index (χ4n) is 4.90. The average Bonchev–Trinajstić information content (AvgIpc) is 3.49. The maximum absolute atomic E-state index is 12.8. The third-order valence-electron chi connectivity index (χ3n) is 7.04. The van der Waals surface area contributed by atoms with Crippen LogP contribution in [-0.2, 0) is 13.0 Å². The lowest BCUT2D eigenvalue weighted by Gasteiger charge is -2.32. The van der Waals surface area contributed by atoms with E-state index in [4.69, 9.17) is 11.6 Å². The summed E-state index contributed by atoms with van der Waals surface area (Å²) >= 11 is 7.97. The fraction of sp³-hybridized carbons (Fsp3) is 0.357. The monoisotopic (exact) mass is 521 g/mol. The van der Waals surface area contributed by atoms with Crippen LogP contribution in [0.5, 0.6) is 0 Å². The highest BCUT2D eigenvalue weighted by molar-refractivity contribution is 7.16. The van der Waals surface area contributed by atoms with Crippen molar-refractivity contribution in [3.05, 3.63) is 81.4 Å². The number of aromatic nitrogens is 2. The highest BCUT2D eigenvalue weighted by Crippen LogP contribution is 2.34. The molecule has 1 amide bonds. The number of nitrogens with one attached hydrogen (secondary N) is 1. The van der Waals surface area contributed by atoms with Crippen molar-refractivity contribution in [3.8, 4) is 5.00 Å². The Morgan fingerprint density at radius 2 is 1.92 bits per heavy atom. The van der Waals surface area contributed by atoms with Crippen LogP contribution in [0, 0.1) is 0 Å². The zero-order valence-corrected chi connectivity index (χ0v) is 22.6. The number of thiophene rings is 1. The quantitative estimate of drug-likeness (QED) is 0.363. The van der Waals surface area contributed by atoms with Gasteiger partial charge < -0.3 is 10.2 Å². The minimum atomic E-state index is -0.0622. The van der Waals surface area contributed by atoms with Gasteiger partial charge in [-0.05, 0) is 60.3 Å². The Balaban J connectivity index is 1.45. The molecule has 0 radical (unpaired) electrons. The molecule has 8 heteroatoms. The number of halogens is 1. The van der Waals surface area contributed by atoms with E-state index in [9.17, 15) is 4.79 Å². The number of rotatable bonds is 7. The Labute approximate surface area is 221 Å². The van der Waals surface area contributed by atoms with Gasteiger partial charge in [0.15, 0.2) is 0 Å². The fourth-order valence-corrected chi connectivity index (χ4v) is 6.34. The predicted molar refractivity (Wildman–Crippen MR) is 149 cm³/mol. The van der Waals surface area contributed by atoms with Gasteiger partial charge in [0.25, 0.3) is 5.91 Å². The Bertz CT molecular complexity index is 1370. The van der Waals surface area contributed by atoms with Crippen LogP contribution in [0.25, 0.3) is 16.0 Å². The lowest BCUT2D eigenvalue weighted by Crippen LogP contribution is -2.43. The minimum absolute atomic E-state index is 0.0622. The summed E-state index contributed by atoms with van der Waals surface area (Å²) in [4.78, 5) is 23.1. The number of nitrogens with zero attached hydrogens (tertiary/aromatic N) is 4. The standard InChI is InChI=1S/C28H32ClN5OS/c1-19(22-6-4-5-7-23(22)29)14-21-16-26(36-27(21)28(35)30-2)34-18-31-24-9-8-20(15-25(24)34)17-33-12-10-32(3)11-13-33/h4-9,15-16,18-19H,10-14,17H2,1-3H3,(H,30,35). The van der Waals surface area contributed by atoms with Crippen LogP contribution >= 0.6 is 22.9 Å². The molecular weight excluding hydrogens is 490 g/mol. The van der Waals surface area contributed by atoms with Crippen LogP contribution in [0.3, 0.4) is 0 Å². The molecule has 0 bridgehead atoms. The topological polar surface area (TPSA) is 53.4 Å². The van der Waals surface area contributed by atoms with Crippen LogP contribution in [0.15, 0.2) is 54.9 Å². The summed E-state index contributed by atoms with van der Waals surface area (Å²) in [5, 5.41) is 4.57. The molecule has 1 saturated heterocycles. The number of benzene rings is 2. The van der Waals surface area contributed by atoms with Gasteiger partial charge in [0, 0.05) is 44.8 Å². The Kier molecular flexibility index (Phi) is 7.44. The van der Waals surface area contributed by atoms with Crippen LogP contribution in [0.2, 0.25) is 5.02 Å². The maximum atomic E-state index is 12.8. The first-order valence-corrected chi connectivity index (χ1v) is 13.6. The molecule has 1 unspecified atom stereocenters. The van der Waals surface area contributed by atoms with Gasteiger partial charge in [-0.2, -0.15) is 0 Å². The molecule has 1 aliphatic rings. The SMILES string of the molecule is CNC(=O)c1sc(-n2cnc3ccc(CN4CCN(C)CC4)cc32)cc1CC(C)c1ccccc1Cl. The molecule has 1 fully saturated rings. The summed E-state index contributed by atoms with van der Waals surface area (Å²) in [6, 6.07) is 16.6. The molecule has 36 heavy (non-hydrogen) atoms. The predicted octanol–water partition coefficient (Wildman–Crippen LogP) is 5.19. The molecule has 2 aromatic carbocycles. The molecule has 5 rings (SSSR count). The molecule has 3 heterocycles. The van der Waals surface area contributed by atoms with Gasteiger partial charge in [-0.1, -0.05) is 42.8 Å². The number of hydrogen-bond donors (Lipinski definition) is 1. The lowest BCUT2D eigenvalue weighted by atomic mass is 9.94. The van der Waals surface area contributed by atoms with E-state index in [1.807, 2.05) is 24.5 Å². The largest absolute Gasteiger partial charge is 0.354 e. The molecule has 0 saturated carbocycles. The van der Waals surface area contributed by atoms with E-state index in [1.54, 1.807) is 7.05 Å². The number of fused-ring (bicyclic) bond motifs is 1. The van der Waals surface area contributed by atoms with Crippen molar-refractivity contribution < 1.29 is 4.79 Å². The molecule has 1 aliphatic heterocycles. The van der Waals surface area contributed by atoms with Gasteiger partial charge in [-0.25, -0.2) is 4.98 Å². The molecule has 4 aromatic rings. The second-order valence-electron chi connectivity index (χ2n) is 9.66. The highest BCUT2D eigenvalue weighted by atomic mass is 35.5. The third-order valence-corrected chi connectivity index (χ3v) is 8.56. The van der Waals surface area contributed by atoms with Gasteiger partial charge in [0.2, 0.25) is 0 Å².